The van der Waals surface area contributed by atoms with Gasteiger partial charge < -0.3 is 5.32 Å². The van der Waals surface area contributed by atoms with E-state index in [1.54, 1.807) is 0 Å². The minimum absolute atomic E-state index is 0.532. The molecule has 0 amide bonds. The van der Waals surface area contributed by atoms with Gasteiger partial charge in [-0.2, -0.15) is 0 Å². The number of halogens is 2. The van der Waals surface area contributed by atoms with E-state index in [1.807, 2.05) is 0 Å². The van der Waals surface area contributed by atoms with E-state index in [2.05, 4.69) is 69.2 Å². The molecule has 0 fully saturated rings. The zero-order chi connectivity index (χ0) is 12.7. The Morgan fingerprint density at radius 3 is 2.59 bits per heavy atom. The second-order valence-corrected chi connectivity index (χ2v) is 6.29. The summed E-state index contributed by atoms with van der Waals surface area (Å²) >= 11 is 7.04. The zero-order valence-electron chi connectivity index (χ0n) is 10.6. The molecule has 0 aliphatic rings. The van der Waals surface area contributed by atoms with Crippen LogP contribution in [0.1, 0.15) is 46.0 Å². The Hall–Kier alpha value is -0.0200. The molecule has 0 aliphatic carbocycles. The predicted molar refractivity (Wildman–Crippen MR) is 83.7 cm³/mol. The molecule has 0 bridgehead atoms. The summed E-state index contributed by atoms with van der Waals surface area (Å²) in [6.07, 6.45) is 6.57. The molecule has 96 valence electrons. The average molecular weight is 363 g/mol. The molecule has 0 radical (unpaired) electrons. The first-order valence-corrected chi connectivity index (χ1v) is 7.93. The number of hydrogen-bond acceptors (Lipinski definition) is 1. The van der Waals surface area contributed by atoms with Crippen molar-refractivity contribution in [2.75, 3.05) is 5.32 Å². The zero-order valence-corrected chi connectivity index (χ0v) is 13.8. The van der Waals surface area contributed by atoms with Crippen molar-refractivity contribution in [1.82, 2.24) is 0 Å². The van der Waals surface area contributed by atoms with Crippen LogP contribution in [0.3, 0.4) is 0 Å². The minimum atomic E-state index is 0.532. The normalized spacial score (nSPS) is 12.5. The van der Waals surface area contributed by atoms with Crippen molar-refractivity contribution in [3.63, 3.8) is 0 Å². The molecule has 1 N–H and O–H groups in total. The van der Waals surface area contributed by atoms with E-state index in [9.17, 15) is 0 Å². The molecule has 1 nitrogen and oxygen atoms in total. The first kappa shape index (κ1) is 15.0. The van der Waals surface area contributed by atoms with Crippen LogP contribution in [0.25, 0.3) is 0 Å². The number of anilines is 1. The molecule has 1 rings (SSSR count). The van der Waals surface area contributed by atoms with E-state index in [4.69, 9.17) is 0 Å². The fourth-order valence-electron chi connectivity index (χ4n) is 1.82. The number of hydrogen-bond donors (Lipinski definition) is 1. The Balaban J connectivity index is 2.37. The van der Waals surface area contributed by atoms with Crippen molar-refractivity contribution in [3.8, 4) is 0 Å². The Morgan fingerprint density at radius 2 is 1.94 bits per heavy atom. The third kappa shape index (κ3) is 5.91. The van der Waals surface area contributed by atoms with E-state index in [0.717, 1.165) is 8.95 Å². The molecule has 0 aromatic heterocycles. The maximum absolute atomic E-state index is 3.58. The summed E-state index contributed by atoms with van der Waals surface area (Å²) < 4.78 is 2.22. The van der Waals surface area contributed by atoms with Crippen LogP contribution in [0.2, 0.25) is 0 Å². The van der Waals surface area contributed by atoms with Gasteiger partial charge in [0, 0.05) is 20.7 Å². The summed E-state index contributed by atoms with van der Waals surface area (Å²) in [5.41, 5.74) is 1.18. The topological polar surface area (TPSA) is 12.0 Å². The predicted octanol–water partition coefficient (Wildman–Crippen LogP) is 5.98. The van der Waals surface area contributed by atoms with Gasteiger partial charge in [0.1, 0.15) is 0 Å². The third-order valence-corrected chi connectivity index (χ3v) is 3.97. The van der Waals surface area contributed by atoms with Gasteiger partial charge in [0.25, 0.3) is 0 Å². The lowest BCUT2D eigenvalue weighted by atomic mass is 10.1. The molecule has 0 aliphatic heterocycles. The molecule has 3 heteroatoms. The number of unbranched alkanes of at least 4 members (excludes halogenated alkanes) is 3. The van der Waals surface area contributed by atoms with Crippen molar-refractivity contribution in [2.24, 2.45) is 0 Å². The lowest BCUT2D eigenvalue weighted by Gasteiger charge is -2.16. The molecule has 1 unspecified atom stereocenters. The third-order valence-electron chi connectivity index (χ3n) is 2.82. The van der Waals surface area contributed by atoms with Gasteiger partial charge in [0.15, 0.2) is 0 Å². The minimum Gasteiger partial charge on any atom is -0.382 e. The van der Waals surface area contributed by atoms with Crippen LogP contribution < -0.4 is 5.32 Å². The van der Waals surface area contributed by atoms with Gasteiger partial charge >= 0.3 is 0 Å². The summed E-state index contributed by atoms with van der Waals surface area (Å²) in [5, 5.41) is 3.55. The molecule has 1 aromatic rings. The van der Waals surface area contributed by atoms with Gasteiger partial charge in [-0.25, -0.2) is 0 Å². The van der Waals surface area contributed by atoms with Gasteiger partial charge in [0.05, 0.1) is 0 Å². The second kappa shape index (κ2) is 8.15. The van der Waals surface area contributed by atoms with E-state index < -0.39 is 0 Å². The van der Waals surface area contributed by atoms with E-state index in [-0.39, 0.29) is 0 Å². The standard InChI is InChI=1S/C14H21Br2N/c1-3-4-5-6-7-11(2)17-14-9-8-12(15)10-13(14)16/h8-11,17H,3-7H2,1-2H3. The summed E-state index contributed by atoms with van der Waals surface area (Å²) in [5.74, 6) is 0. The largest absolute Gasteiger partial charge is 0.382 e. The first-order valence-electron chi connectivity index (χ1n) is 6.35. The number of benzene rings is 1. The maximum Gasteiger partial charge on any atom is 0.0487 e. The van der Waals surface area contributed by atoms with E-state index in [1.165, 1.54) is 37.8 Å². The average Bonchev–Trinajstić information content (AvgIpc) is 2.28. The number of rotatable bonds is 7. The van der Waals surface area contributed by atoms with Crippen molar-refractivity contribution in [3.05, 3.63) is 27.1 Å². The molecular weight excluding hydrogens is 342 g/mol. The van der Waals surface area contributed by atoms with Crippen molar-refractivity contribution >= 4 is 37.5 Å². The second-order valence-electron chi connectivity index (χ2n) is 4.52. The van der Waals surface area contributed by atoms with Crippen LogP contribution in [-0.4, -0.2) is 6.04 Å². The summed E-state index contributed by atoms with van der Waals surface area (Å²) in [7, 11) is 0. The van der Waals surface area contributed by atoms with Crippen LogP contribution in [0, 0.1) is 0 Å². The highest BCUT2D eigenvalue weighted by Crippen LogP contribution is 2.27. The SMILES string of the molecule is CCCCCCC(C)Nc1ccc(Br)cc1Br. The highest BCUT2D eigenvalue weighted by molar-refractivity contribution is 9.11. The molecule has 0 saturated carbocycles. The molecule has 0 heterocycles. The Labute approximate surface area is 122 Å². The van der Waals surface area contributed by atoms with E-state index in [0.29, 0.717) is 6.04 Å². The first-order chi connectivity index (χ1) is 8.13. The lowest BCUT2D eigenvalue weighted by Crippen LogP contribution is -2.15. The smallest absolute Gasteiger partial charge is 0.0487 e. The van der Waals surface area contributed by atoms with Crippen molar-refractivity contribution in [1.29, 1.82) is 0 Å². The molecule has 0 spiro atoms. The fraction of sp³-hybridized carbons (Fsp3) is 0.571. The molecule has 1 aromatic carbocycles. The van der Waals surface area contributed by atoms with Crippen LogP contribution in [-0.2, 0) is 0 Å². The fourth-order valence-corrected chi connectivity index (χ4v) is 2.98. The van der Waals surface area contributed by atoms with Crippen LogP contribution in [0.4, 0.5) is 5.69 Å². The quantitative estimate of drug-likeness (QED) is 0.588. The summed E-state index contributed by atoms with van der Waals surface area (Å²) in [6.45, 7) is 4.50. The summed E-state index contributed by atoms with van der Waals surface area (Å²) in [6, 6.07) is 6.78. The van der Waals surface area contributed by atoms with Crippen molar-refractivity contribution < 1.29 is 0 Å². The Kier molecular flexibility index (Phi) is 7.21. The molecule has 17 heavy (non-hydrogen) atoms. The Bertz CT molecular complexity index is 339. The maximum atomic E-state index is 3.58. The van der Waals surface area contributed by atoms with E-state index >= 15 is 0 Å². The highest BCUT2D eigenvalue weighted by atomic mass is 79.9. The monoisotopic (exact) mass is 361 g/mol. The van der Waals surface area contributed by atoms with Crippen molar-refractivity contribution in [2.45, 2.75) is 52.0 Å². The lowest BCUT2D eigenvalue weighted by molar-refractivity contribution is 0.594. The molecule has 1 atom stereocenters. The van der Waals surface area contributed by atoms with Crippen LogP contribution in [0.15, 0.2) is 27.1 Å². The van der Waals surface area contributed by atoms with Gasteiger partial charge in [-0.1, -0.05) is 48.5 Å². The molecule has 0 saturated heterocycles. The van der Waals surface area contributed by atoms with Crippen LogP contribution in [0.5, 0.6) is 0 Å². The summed E-state index contributed by atoms with van der Waals surface area (Å²) in [4.78, 5) is 0. The Morgan fingerprint density at radius 1 is 1.18 bits per heavy atom. The van der Waals surface area contributed by atoms with Gasteiger partial charge in [0.2, 0.25) is 0 Å². The number of nitrogens with one attached hydrogen (secondary N) is 1. The van der Waals surface area contributed by atoms with Crippen LogP contribution >= 0.6 is 31.9 Å². The van der Waals surface area contributed by atoms with Gasteiger partial charge in [-0.05, 0) is 47.5 Å². The van der Waals surface area contributed by atoms with Gasteiger partial charge in [-0.3, -0.25) is 0 Å². The van der Waals surface area contributed by atoms with Gasteiger partial charge in [-0.15, -0.1) is 0 Å². The molecular formula is C14H21Br2N. The highest BCUT2D eigenvalue weighted by Gasteiger charge is 2.05.